The molecular weight excluding hydrogens is 496 g/mol. The molecule has 0 radical (unpaired) electrons. The number of aromatic nitrogens is 2. The van der Waals surface area contributed by atoms with Gasteiger partial charge >= 0.3 is 6.01 Å². The molecule has 3 fully saturated rings. The van der Waals surface area contributed by atoms with Crippen molar-refractivity contribution in [1.29, 1.82) is 0 Å². The number of benzene rings is 1. The zero-order valence-electron chi connectivity index (χ0n) is 22.5. The van der Waals surface area contributed by atoms with E-state index in [4.69, 9.17) is 19.4 Å². The molecule has 1 aromatic carbocycles. The van der Waals surface area contributed by atoms with E-state index in [2.05, 4.69) is 45.5 Å². The lowest BCUT2D eigenvalue weighted by molar-refractivity contribution is -0.130. The fourth-order valence-corrected chi connectivity index (χ4v) is 7.19. The monoisotopic (exact) mass is 530 g/mol. The van der Waals surface area contributed by atoms with Crippen molar-refractivity contribution in [2.24, 2.45) is 0 Å². The largest absolute Gasteiger partial charge is 0.456 e. The first kappa shape index (κ1) is 24.7. The van der Waals surface area contributed by atoms with E-state index in [-0.39, 0.29) is 23.9 Å². The molecule has 1 amide bonds. The van der Waals surface area contributed by atoms with Gasteiger partial charge in [-0.15, -0.1) is 0 Å². The predicted octanol–water partition coefficient (Wildman–Crippen LogP) is 1.34. The molecule has 7 rings (SSSR count). The maximum absolute atomic E-state index is 13.2. The number of piperazine rings is 1. The fraction of sp³-hybridized carbons (Fsp3) is 0.517. The number of anilines is 1. The van der Waals surface area contributed by atoms with Crippen molar-refractivity contribution in [3.8, 4) is 6.01 Å². The number of likely N-dealkylation sites (tertiary alicyclic amines) is 2. The molecule has 204 valence electrons. The van der Waals surface area contributed by atoms with Crippen LogP contribution in [-0.4, -0.2) is 101 Å². The number of aryl methyl sites for hydroxylation is 1. The molecule has 5 aliphatic rings. The van der Waals surface area contributed by atoms with Crippen LogP contribution in [0.5, 0.6) is 6.01 Å². The third kappa shape index (κ3) is 3.96. The van der Waals surface area contributed by atoms with Gasteiger partial charge in [0, 0.05) is 58.0 Å². The lowest BCUT2D eigenvalue weighted by Gasteiger charge is -2.34. The molecule has 5 heterocycles. The predicted molar refractivity (Wildman–Crippen MR) is 143 cm³/mol. The van der Waals surface area contributed by atoms with Crippen molar-refractivity contribution >= 4 is 17.5 Å². The Kier molecular flexibility index (Phi) is 5.94. The molecule has 1 aromatic heterocycles. The zero-order valence-corrected chi connectivity index (χ0v) is 22.5. The van der Waals surface area contributed by atoms with E-state index >= 15 is 0 Å². The summed E-state index contributed by atoms with van der Waals surface area (Å²) in [4.78, 5) is 43.8. The van der Waals surface area contributed by atoms with Gasteiger partial charge in [0.2, 0.25) is 5.91 Å². The van der Waals surface area contributed by atoms with Crippen LogP contribution >= 0.6 is 0 Å². The van der Waals surface area contributed by atoms with Crippen LogP contribution in [0.3, 0.4) is 0 Å². The van der Waals surface area contributed by atoms with Gasteiger partial charge in [-0.05, 0) is 37.1 Å². The normalized spacial score (nSPS) is 29.8. The molecule has 3 saturated heterocycles. The number of Topliss-reactive ketones (excluding diaryl/α,β-unsaturated/α-hetero) is 1. The summed E-state index contributed by atoms with van der Waals surface area (Å²) in [6, 6.07) is 8.45. The Morgan fingerprint density at radius 2 is 1.87 bits per heavy atom. The molecular formula is C29H34N6O4. The Bertz CT molecular complexity index is 1350. The van der Waals surface area contributed by atoms with Gasteiger partial charge < -0.3 is 19.3 Å². The van der Waals surface area contributed by atoms with E-state index in [1.54, 1.807) is 12.0 Å². The molecule has 3 unspecified atom stereocenters. The number of amides is 1. The maximum Gasteiger partial charge on any atom is 0.319 e. The quantitative estimate of drug-likeness (QED) is 0.513. The Hall–Kier alpha value is -3.34. The highest BCUT2D eigenvalue weighted by atomic mass is 16.5. The summed E-state index contributed by atoms with van der Waals surface area (Å²) in [5.41, 5.74) is 4.82. The fourth-order valence-electron chi connectivity index (χ4n) is 7.19. The van der Waals surface area contributed by atoms with E-state index in [1.807, 2.05) is 7.05 Å². The minimum absolute atomic E-state index is 0.0651. The van der Waals surface area contributed by atoms with E-state index in [0.717, 1.165) is 43.0 Å². The van der Waals surface area contributed by atoms with Crippen LogP contribution in [0, 0.1) is 0 Å². The molecule has 0 N–H and O–H groups in total. The first-order chi connectivity index (χ1) is 18.9. The molecule has 0 saturated carbocycles. The number of nitrogens with zero attached hydrogens (tertiary/aromatic N) is 6. The number of hydrogen-bond acceptors (Lipinski definition) is 9. The molecule has 10 nitrogen and oxygen atoms in total. The standard InChI is InChI=1S/C29H34N6O4/c1-4-26(36)34-13-23-27(37)22(34)14-35(23)28-19-11-33(21-10-9-17-7-5-6-8-18(17)21)12-20(19)30-29(31-28)39-25-16-32(2)15-24(25)38-3/h4-8,21-25H,1,9-16H2,2-3H3/t21?,22?,23?,24-,25-/m1/s1. The summed E-state index contributed by atoms with van der Waals surface area (Å²) in [5, 5.41) is 0. The molecule has 4 aliphatic heterocycles. The van der Waals surface area contributed by atoms with Gasteiger partial charge in [-0.3, -0.25) is 19.4 Å². The average molecular weight is 531 g/mol. The number of hydrogen-bond donors (Lipinski definition) is 0. The van der Waals surface area contributed by atoms with Gasteiger partial charge in [0.05, 0.1) is 5.69 Å². The Morgan fingerprint density at radius 3 is 2.64 bits per heavy atom. The lowest BCUT2D eigenvalue weighted by Crippen LogP contribution is -2.49. The molecule has 10 heteroatoms. The van der Waals surface area contributed by atoms with Gasteiger partial charge in [-0.2, -0.15) is 9.97 Å². The molecule has 2 aromatic rings. The molecule has 39 heavy (non-hydrogen) atoms. The van der Waals surface area contributed by atoms with Crippen LogP contribution in [0.1, 0.15) is 34.8 Å². The summed E-state index contributed by atoms with van der Waals surface area (Å²) in [5.74, 6) is 0.626. The van der Waals surface area contributed by atoms with Crippen LogP contribution in [0.2, 0.25) is 0 Å². The third-order valence-electron chi connectivity index (χ3n) is 9.14. The van der Waals surface area contributed by atoms with Gasteiger partial charge in [-0.1, -0.05) is 30.8 Å². The molecule has 5 atom stereocenters. The number of carbonyl (C=O) groups excluding carboxylic acids is 2. The third-order valence-corrected chi connectivity index (χ3v) is 9.14. The van der Waals surface area contributed by atoms with Crippen molar-refractivity contribution in [1.82, 2.24) is 24.7 Å². The van der Waals surface area contributed by atoms with Gasteiger partial charge in [0.25, 0.3) is 0 Å². The molecule has 1 aliphatic carbocycles. The second-order valence-electron chi connectivity index (χ2n) is 11.3. The van der Waals surface area contributed by atoms with Crippen molar-refractivity contribution in [2.75, 3.05) is 45.2 Å². The summed E-state index contributed by atoms with van der Waals surface area (Å²) in [7, 11) is 3.75. The minimum Gasteiger partial charge on any atom is -0.456 e. The smallest absolute Gasteiger partial charge is 0.319 e. The highest BCUT2D eigenvalue weighted by molar-refractivity contribution is 6.03. The number of fused-ring (bicyclic) bond motifs is 4. The van der Waals surface area contributed by atoms with Crippen molar-refractivity contribution < 1.29 is 19.1 Å². The number of methoxy groups -OCH3 is 1. The van der Waals surface area contributed by atoms with E-state index in [9.17, 15) is 9.59 Å². The highest BCUT2D eigenvalue weighted by Gasteiger charge is 2.53. The number of likely N-dealkylation sites (N-methyl/N-ethyl adjacent to an activating group) is 1. The zero-order chi connectivity index (χ0) is 26.8. The summed E-state index contributed by atoms with van der Waals surface area (Å²) in [6.07, 6.45) is 3.20. The average Bonchev–Trinajstić information content (AvgIpc) is 3.75. The second-order valence-corrected chi connectivity index (χ2v) is 11.3. The Labute approximate surface area is 228 Å². The van der Waals surface area contributed by atoms with E-state index in [1.165, 1.54) is 17.2 Å². The van der Waals surface area contributed by atoms with Crippen LogP contribution in [0.15, 0.2) is 36.9 Å². The van der Waals surface area contributed by atoms with Gasteiger partial charge in [-0.25, -0.2) is 0 Å². The van der Waals surface area contributed by atoms with Crippen LogP contribution in [0.25, 0.3) is 0 Å². The number of rotatable bonds is 6. The van der Waals surface area contributed by atoms with Gasteiger partial charge in [0.1, 0.15) is 30.1 Å². The van der Waals surface area contributed by atoms with E-state index < -0.39 is 12.1 Å². The van der Waals surface area contributed by atoms with E-state index in [0.29, 0.717) is 38.2 Å². The lowest BCUT2D eigenvalue weighted by atomic mass is 10.1. The first-order valence-electron chi connectivity index (χ1n) is 13.8. The van der Waals surface area contributed by atoms with Crippen LogP contribution in [-0.2, 0) is 33.8 Å². The Morgan fingerprint density at radius 1 is 1.05 bits per heavy atom. The number of ether oxygens (including phenoxy) is 2. The highest BCUT2D eigenvalue weighted by Crippen LogP contribution is 2.43. The number of ketones is 1. The summed E-state index contributed by atoms with van der Waals surface area (Å²) >= 11 is 0. The van der Waals surface area contributed by atoms with Crippen LogP contribution < -0.4 is 9.64 Å². The van der Waals surface area contributed by atoms with Crippen molar-refractivity contribution in [2.45, 2.75) is 56.3 Å². The molecule has 0 spiro atoms. The second kappa shape index (κ2) is 9.39. The minimum atomic E-state index is -0.476. The van der Waals surface area contributed by atoms with Crippen LogP contribution in [0.4, 0.5) is 5.82 Å². The van der Waals surface area contributed by atoms with Gasteiger partial charge in [0.15, 0.2) is 5.78 Å². The Balaban J connectivity index is 1.22. The first-order valence-corrected chi connectivity index (χ1v) is 13.8. The topological polar surface area (TPSA) is 91.3 Å². The molecule has 2 bridgehead atoms. The maximum atomic E-state index is 13.2. The summed E-state index contributed by atoms with van der Waals surface area (Å²) < 4.78 is 12.1. The van der Waals surface area contributed by atoms with Crippen molar-refractivity contribution in [3.05, 3.63) is 59.3 Å². The SMILES string of the molecule is C=CC(=O)N1CC2C(=O)C1CN2c1nc(O[C@@H]2CN(C)C[C@H]2OC)nc2c1CN(C1CCc3ccccc31)C2. The summed E-state index contributed by atoms with van der Waals surface area (Å²) in [6.45, 7) is 7.31. The number of carbonyl (C=O) groups is 2. The van der Waals surface area contributed by atoms with Crippen molar-refractivity contribution in [3.63, 3.8) is 0 Å².